The number of nitrogens with one attached hydrogen (secondary N) is 2. The first-order valence-electron chi connectivity index (χ1n) is 9.46. The standard InChI is InChI=1S/C21H18N4O6/c1-30-20(28)13-7-9-14(10-8-13)24-18(26)11-16(19(24)27)22-12-17-21(29)31-23-25(17)15-5-3-2-4-6-15/h2-10,16,22H,11-12H2,1H3/p+1. The monoisotopic (exact) mass is 423 g/mol. The fourth-order valence-corrected chi connectivity index (χ4v) is 3.38. The molecular formula is C21H19N4O6+. The molecule has 0 saturated carbocycles. The van der Waals surface area contributed by atoms with Crippen LogP contribution in [0.3, 0.4) is 0 Å². The number of benzene rings is 2. The second kappa shape index (κ2) is 8.36. The number of carbonyl (C=O) groups excluding carboxylic acids is 3. The molecule has 10 nitrogen and oxygen atoms in total. The lowest BCUT2D eigenvalue weighted by atomic mass is 10.2. The van der Waals surface area contributed by atoms with E-state index < -0.39 is 23.5 Å². The Morgan fingerprint density at radius 3 is 2.55 bits per heavy atom. The van der Waals surface area contributed by atoms with Gasteiger partial charge < -0.3 is 4.74 Å². The van der Waals surface area contributed by atoms with Gasteiger partial charge in [-0.15, -0.1) is 0 Å². The number of ether oxygens (including phenoxy) is 1. The van der Waals surface area contributed by atoms with Crippen LogP contribution in [0.5, 0.6) is 0 Å². The predicted octanol–water partition coefficient (Wildman–Crippen LogP) is 0.453. The van der Waals surface area contributed by atoms with Crippen LogP contribution in [0, 0.1) is 0 Å². The number of imide groups is 1. The highest BCUT2D eigenvalue weighted by molar-refractivity contribution is 6.22. The molecule has 1 aliphatic heterocycles. The molecule has 0 radical (unpaired) electrons. The molecule has 2 amide bonds. The molecule has 1 atom stereocenters. The Morgan fingerprint density at radius 2 is 1.87 bits per heavy atom. The van der Waals surface area contributed by atoms with E-state index in [-0.39, 0.29) is 24.6 Å². The molecule has 2 aromatic carbocycles. The number of aromatic nitrogens is 2. The van der Waals surface area contributed by atoms with Gasteiger partial charge in [0.15, 0.2) is 0 Å². The number of anilines is 1. The number of para-hydroxylation sites is 1. The summed E-state index contributed by atoms with van der Waals surface area (Å²) in [6.07, 6.45) is -0.0569. The summed E-state index contributed by atoms with van der Waals surface area (Å²) in [7, 11) is 1.27. The van der Waals surface area contributed by atoms with Crippen LogP contribution in [-0.2, 0) is 20.9 Å². The fraction of sp³-hybridized carbons (Fsp3) is 0.190. The van der Waals surface area contributed by atoms with E-state index in [4.69, 9.17) is 4.52 Å². The minimum Gasteiger partial charge on any atom is -0.465 e. The average molecular weight is 423 g/mol. The number of carbonyl (C=O) groups is 3. The lowest BCUT2D eigenvalue weighted by Gasteiger charge is -2.15. The molecule has 0 aliphatic carbocycles. The average Bonchev–Trinajstić information content (AvgIpc) is 3.30. The van der Waals surface area contributed by atoms with E-state index in [0.717, 1.165) is 4.90 Å². The highest BCUT2D eigenvalue weighted by atomic mass is 16.5. The summed E-state index contributed by atoms with van der Waals surface area (Å²) < 4.78 is 11.0. The third kappa shape index (κ3) is 3.88. The zero-order valence-electron chi connectivity index (χ0n) is 16.5. The molecule has 0 spiro atoms. The van der Waals surface area contributed by atoms with Crippen molar-refractivity contribution in [3.63, 3.8) is 0 Å². The van der Waals surface area contributed by atoms with Crippen molar-refractivity contribution in [3.05, 3.63) is 76.3 Å². The van der Waals surface area contributed by atoms with Crippen molar-refractivity contribution in [1.29, 1.82) is 0 Å². The predicted molar refractivity (Wildman–Crippen MR) is 106 cm³/mol. The first kappa shape index (κ1) is 20.2. The second-order valence-electron chi connectivity index (χ2n) is 6.84. The highest BCUT2D eigenvalue weighted by Gasteiger charge is 2.40. The Labute approximate surface area is 176 Å². The molecule has 2 N–H and O–H groups in total. The van der Waals surface area contributed by atoms with Crippen LogP contribution < -0.4 is 20.5 Å². The highest BCUT2D eigenvalue weighted by Crippen LogP contribution is 2.23. The summed E-state index contributed by atoms with van der Waals surface area (Å²) in [5.74, 6) is -1.34. The summed E-state index contributed by atoms with van der Waals surface area (Å²) in [5, 5.41) is 5.50. The maximum atomic E-state index is 12.8. The SMILES string of the molecule is COC(=O)c1ccc(N2C(=O)CC(NCc3c(=O)o[nH][n+]3-c3ccccc3)C2=O)cc1. The molecule has 0 bridgehead atoms. The Kier molecular flexibility index (Phi) is 5.46. The molecule has 1 unspecified atom stereocenters. The van der Waals surface area contributed by atoms with E-state index in [1.54, 1.807) is 12.1 Å². The van der Waals surface area contributed by atoms with Gasteiger partial charge in [-0.3, -0.25) is 19.4 Å². The third-order valence-corrected chi connectivity index (χ3v) is 4.96. The molecular weight excluding hydrogens is 404 g/mol. The van der Waals surface area contributed by atoms with Crippen LogP contribution in [0.25, 0.3) is 5.69 Å². The number of rotatable bonds is 6. The normalized spacial score (nSPS) is 16.0. The first-order chi connectivity index (χ1) is 15.0. The van der Waals surface area contributed by atoms with Crippen LogP contribution >= 0.6 is 0 Å². The number of esters is 1. The van der Waals surface area contributed by atoms with Crippen molar-refractivity contribution in [2.45, 2.75) is 19.0 Å². The summed E-state index contributed by atoms with van der Waals surface area (Å²) in [5.41, 5.74) is 1.03. The number of nitrogens with zero attached hydrogens (tertiary/aromatic N) is 2. The maximum Gasteiger partial charge on any atom is 0.431 e. The lowest BCUT2D eigenvalue weighted by molar-refractivity contribution is -0.677. The van der Waals surface area contributed by atoms with Gasteiger partial charge in [-0.05, 0) is 34.2 Å². The summed E-state index contributed by atoms with van der Waals surface area (Å²) >= 11 is 0. The number of aromatic amines is 1. The van der Waals surface area contributed by atoms with Crippen LogP contribution in [0.2, 0.25) is 0 Å². The maximum absolute atomic E-state index is 12.8. The number of amides is 2. The number of methoxy groups -OCH3 is 1. The lowest BCUT2D eigenvalue weighted by Crippen LogP contribution is -2.44. The molecule has 3 aromatic rings. The third-order valence-electron chi connectivity index (χ3n) is 4.96. The minimum absolute atomic E-state index is 0.0134. The summed E-state index contributed by atoms with van der Waals surface area (Å²) in [6.45, 7) is 0.0134. The second-order valence-corrected chi connectivity index (χ2v) is 6.84. The molecule has 1 aromatic heterocycles. The van der Waals surface area contributed by atoms with Crippen molar-refractivity contribution in [1.82, 2.24) is 10.6 Å². The Morgan fingerprint density at radius 1 is 1.16 bits per heavy atom. The van der Waals surface area contributed by atoms with E-state index in [9.17, 15) is 19.2 Å². The summed E-state index contributed by atoms with van der Waals surface area (Å²) in [4.78, 5) is 50.0. The molecule has 2 heterocycles. The van der Waals surface area contributed by atoms with E-state index in [2.05, 4.69) is 15.3 Å². The molecule has 4 rings (SSSR count). The minimum atomic E-state index is -0.800. The molecule has 1 aliphatic rings. The Hall–Kier alpha value is -4.05. The number of hydrogen-bond donors (Lipinski definition) is 2. The molecule has 10 heteroatoms. The van der Waals surface area contributed by atoms with Crippen molar-refractivity contribution >= 4 is 23.5 Å². The quantitative estimate of drug-likeness (QED) is 0.335. The molecule has 158 valence electrons. The zero-order valence-corrected chi connectivity index (χ0v) is 16.5. The first-order valence-corrected chi connectivity index (χ1v) is 9.46. The fourth-order valence-electron chi connectivity index (χ4n) is 3.38. The van der Waals surface area contributed by atoms with Gasteiger partial charge in [0.1, 0.15) is 0 Å². The summed E-state index contributed by atoms with van der Waals surface area (Å²) in [6, 6.07) is 14.2. The van der Waals surface area contributed by atoms with Gasteiger partial charge in [-0.2, -0.15) is 0 Å². The largest absolute Gasteiger partial charge is 0.465 e. The van der Waals surface area contributed by atoms with E-state index in [0.29, 0.717) is 16.9 Å². The van der Waals surface area contributed by atoms with Gasteiger partial charge in [0.2, 0.25) is 11.6 Å². The van der Waals surface area contributed by atoms with Gasteiger partial charge in [0.25, 0.3) is 5.91 Å². The van der Waals surface area contributed by atoms with Gasteiger partial charge in [-0.1, -0.05) is 18.2 Å². The van der Waals surface area contributed by atoms with Crippen molar-refractivity contribution in [2.24, 2.45) is 0 Å². The van der Waals surface area contributed by atoms with Crippen LogP contribution in [0.4, 0.5) is 5.69 Å². The topological polar surface area (TPSA) is 126 Å². The van der Waals surface area contributed by atoms with Crippen molar-refractivity contribution in [2.75, 3.05) is 12.0 Å². The van der Waals surface area contributed by atoms with Gasteiger partial charge in [0.05, 0.1) is 37.4 Å². The Bertz CT molecular complexity index is 1180. The van der Waals surface area contributed by atoms with Crippen LogP contribution in [-0.4, -0.2) is 36.2 Å². The molecule has 31 heavy (non-hydrogen) atoms. The number of hydrogen-bond acceptors (Lipinski definition) is 7. The van der Waals surface area contributed by atoms with Crippen molar-refractivity contribution < 1.29 is 28.3 Å². The van der Waals surface area contributed by atoms with Crippen LogP contribution in [0.1, 0.15) is 22.5 Å². The van der Waals surface area contributed by atoms with Gasteiger partial charge in [0, 0.05) is 12.1 Å². The van der Waals surface area contributed by atoms with Crippen molar-refractivity contribution in [3.8, 4) is 5.69 Å². The number of H-pyrrole nitrogens is 1. The van der Waals surface area contributed by atoms with E-state index in [1.807, 2.05) is 18.2 Å². The van der Waals surface area contributed by atoms with Gasteiger partial charge in [-0.25, -0.2) is 14.5 Å². The molecule has 1 fully saturated rings. The molecule has 1 saturated heterocycles. The van der Waals surface area contributed by atoms with Crippen LogP contribution in [0.15, 0.2) is 63.9 Å². The van der Waals surface area contributed by atoms with Gasteiger partial charge >= 0.3 is 17.3 Å². The Balaban J connectivity index is 1.49. The zero-order chi connectivity index (χ0) is 22.0. The smallest absolute Gasteiger partial charge is 0.431 e. The van der Waals surface area contributed by atoms with E-state index in [1.165, 1.54) is 36.1 Å². The van der Waals surface area contributed by atoms with E-state index >= 15 is 0 Å².